The van der Waals surface area contributed by atoms with Gasteiger partial charge < -0.3 is 11.1 Å². The second-order valence-electron chi connectivity index (χ2n) is 5.96. The van der Waals surface area contributed by atoms with Crippen LogP contribution in [0.1, 0.15) is 22.9 Å². The van der Waals surface area contributed by atoms with Crippen LogP contribution < -0.4 is 11.1 Å². The topological polar surface area (TPSA) is 80.9 Å². The number of nitrogens with zero attached hydrogens (tertiary/aromatic N) is 2. The van der Waals surface area contributed by atoms with E-state index in [9.17, 15) is 9.18 Å². The van der Waals surface area contributed by atoms with Gasteiger partial charge in [-0.15, -0.1) is 11.3 Å². The van der Waals surface area contributed by atoms with Gasteiger partial charge in [0.1, 0.15) is 16.5 Å². The van der Waals surface area contributed by atoms with E-state index in [2.05, 4.69) is 15.3 Å². The van der Waals surface area contributed by atoms with E-state index in [1.54, 1.807) is 30.4 Å². The molecule has 0 spiro atoms. The summed E-state index contributed by atoms with van der Waals surface area (Å²) in [5.41, 5.74) is 8.02. The lowest BCUT2D eigenvalue weighted by Crippen LogP contribution is -2.30. The summed E-state index contributed by atoms with van der Waals surface area (Å²) < 4.78 is 12.9. The molecule has 0 saturated heterocycles. The molecule has 0 radical (unpaired) electrons. The number of thiophene rings is 1. The van der Waals surface area contributed by atoms with Crippen molar-refractivity contribution in [1.82, 2.24) is 15.3 Å². The number of hydrogen-bond donors (Lipinski definition) is 2. The lowest BCUT2D eigenvalue weighted by molar-refractivity contribution is -0.120. The number of nitrogens with one attached hydrogen (secondary N) is 1. The number of nitrogens with two attached hydrogens (primary N) is 1. The summed E-state index contributed by atoms with van der Waals surface area (Å²) in [4.78, 5) is 23.2. The summed E-state index contributed by atoms with van der Waals surface area (Å²) >= 11 is 2.84. The monoisotopic (exact) mass is 390 g/mol. The normalized spacial score (nSPS) is 12.3. The molecule has 26 heavy (non-hydrogen) atoms. The van der Waals surface area contributed by atoms with Crippen LogP contribution in [-0.2, 0) is 11.3 Å². The first-order valence-electron chi connectivity index (χ1n) is 8.07. The van der Waals surface area contributed by atoms with Crippen molar-refractivity contribution >= 4 is 45.0 Å². The molecule has 0 aliphatic rings. The molecule has 1 amide bonds. The summed E-state index contributed by atoms with van der Waals surface area (Å²) in [6, 6.07) is 6.03. The molecule has 1 atom stereocenters. The lowest BCUT2D eigenvalue weighted by Gasteiger charge is -2.11. The van der Waals surface area contributed by atoms with Crippen molar-refractivity contribution < 1.29 is 9.18 Å². The van der Waals surface area contributed by atoms with Crippen molar-refractivity contribution in [2.45, 2.75) is 37.7 Å². The minimum atomic E-state index is -0.380. The lowest BCUT2D eigenvalue weighted by atomic mass is 10.2. The van der Waals surface area contributed by atoms with Crippen molar-refractivity contribution in [2.24, 2.45) is 0 Å². The molecule has 0 fully saturated rings. The van der Waals surface area contributed by atoms with Gasteiger partial charge in [-0.25, -0.2) is 14.4 Å². The quantitative estimate of drug-likeness (QED) is 0.511. The number of aromatic nitrogens is 2. The molecule has 2 heterocycles. The Labute approximate surface area is 159 Å². The van der Waals surface area contributed by atoms with Crippen molar-refractivity contribution in [3.63, 3.8) is 0 Å². The zero-order chi connectivity index (χ0) is 18.8. The molecule has 1 aromatic carbocycles. The smallest absolute Gasteiger partial charge is 0.233 e. The third kappa shape index (κ3) is 3.96. The van der Waals surface area contributed by atoms with E-state index in [4.69, 9.17) is 5.73 Å². The Hall–Kier alpha value is -2.19. The molecule has 0 saturated carbocycles. The van der Waals surface area contributed by atoms with Gasteiger partial charge in [-0.2, -0.15) is 0 Å². The Morgan fingerprint density at radius 3 is 2.69 bits per heavy atom. The number of carbonyl (C=O) groups is 1. The van der Waals surface area contributed by atoms with Gasteiger partial charge in [0.15, 0.2) is 5.16 Å². The van der Waals surface area contributed by atoms with Crippen LogP contribution in [0.4, 0.5) is 10.2 Å². The summed E-state index contributed by atoms with van der Waals surface area (Å²) in [5, 5.41) is 3.84. The Morgan fingerprint density at radius 1 is 1.31 bits per heavy atom. The van der Waals surface area contributed by atoms with Crippen molar-refractivity contribution in [3.8, 4) is 0 Å². The van der Waals surface area contributed by atoms with E-state index in [0.29, 0.717) is 17.5 Å². The summed E-state index contributed by atoms with van der Waals surface area (Å²) in [6.45, 7) is 6.17. The third-order valence-corrected chi connectivity index (χ3v) is 6.13. The molecule has 0 bridgehead atoms. The van der Waals surface area contributed by atoms with Gasteiger partial charge in [0.05, 0.1) is 10.6 Å². The first-order valence-corrected chi connectivity index (χ1v) is 9.76. The van der Waals surface area contributed by atoms with Crippen LogP contribution in [0.3, 0.4) is 0 Å². The maximum absolute atomic E-state index is 12.9. The maximum Gasteiger partial charge on any atom is 0.233 e. The molecular formula is C18H19FN4OS2. The van der Waals surface area contributed by atoms with Gasteiger partial charge >= 0.3 is 0 Å². The Morgan fingerprint density at radius 2 is 2.00 bits per heavy atom. The third-order valence-electron chi connectivity index (χ3n) is 4.07. The molecule has 3 N–H and O–H groups in total. The Kier molecular flexibility index (Phi) is 5.43. The van der Waals surface area contributed by atoms with Crippen LogP contribution in [0.2, 0.25) is 0 Å². The van der Waals surface area contributed by atoms with Crippen molar-refractivity contribution in [1.29, 1.82) is 0 Å². The molecule has 0 aliphatic heterocycles. The van der Waals surface area contributed by atoms with E-state index >= 15 is 0 Å². The largest absolute Gasteiger partial charge is 0.383 e. The number of amides is 1. The van der Waals surface area contributed by atoms with Crippen LogP contribution >= 0.6 is 23.1 Å². The fraction of sp³-hybridized carbons (Fsp3) is 0.278. The number of carbonyl (C=O) groups excluding carboxylic acids is 1. The van der Waals surface area contributed by atoms with Crippen molar-refractivity contribution in [2.75, 3.05) is 5.73 Å². The molecular weight excluding hydrogens is 371 g/mol. The molecule has 2 aromatic heterocycles. The zero-order valence-electron chi connectivity index (χ0n) is 14.7. The van der Waals surface area contributed by atoms with Crippen LogP contribution in [0, 0.1) is 19.7 Å². The highest BCUT2D eigenvalue weighted by molar-refractivity contribution is 8.00. The van der Waals surface area contributed by atoms with E-state index < -0.39 is 0 Å². The van der Waals surface area contributed by atoms with Crippen LogP contribution in [0.25, 0.3) is 10.2 Å². The first kappa shape index (κ1) is 18.6. The number of aryl methyl sites for hydroxylation is 2. The summed E-state index contributed by atoms with van der Waals surface area (Å²) in [7, 11) is 0. The zero-order valence-corrected chi connectivity index (χ0v) is 16.3. The summed E-state index contributed by atoms with van der Waals surface area (Å²) in [6.07, 6.45) is 0. The molecule has 5 nitrogen and oxygen atoms in total. The van der Waals surface area contributed by atoms with E-state index in [-0.39, 0.29) is 17.0 Å². The second-order valence-corrected chi connectivity index (χ2v) is 8.47. The standard InChI is InChI=1S/C18H19FN4OS2/c1-9-10(2)25-17-14(9)15(20)22-18(23-17)26-11(3)16(24)21-8-12-4-6-13(19)7-5-12/h4-7,11H,8H2,1-3H3,(H,21,24)(H2,20,22,23). The second kappa shape index (κ2) is 7.59. The van der Waals surface area contributed by atoms with Gasteiger partial charge in [0, 0.05) is 11.4 Å². The van der Waals surface area contributed by atoms with Crippen molar-refractivity contribution in [3.05, 3.63) is 46.1 Å². The van der Waals surface area contributed by atoms with Gasteiger partial charge in [-0.3, -0.25) is 4.79 Å². The van der Waals surface area contributed by atoms with Crippen LogP contribution in [-0.4, -0.2) is 21.1 Å². The van der Waals surface area contributed by atoms with E-state index in [0.717, 1.165) is 26.2 Å². The highest BCUT2D eigenvalue weighted by atomic mass is 32.2. The predicted molar refractivity (Wildman–Crippen MR) is 105 cm³/mol. The fourth-order valence-corrected chi connectivity index (χ4v) is 4.36. The van der Waals surface area contributed by atoms with Gasteiger partial charge in [0.2, 0.25) is 5.91 Å². The number of fused-ring (bicyclic) bond motifs is 1. The summed E-state index contributed by atoms with van der Waals surface area (Å²) in [5.74, 6) is 0.00610. The molecule has 1 unspecified atom stereocenters. The number of rotatable bonds is 5. The minimum Gasteiger partial charge on any atom is -0.383 e. The van der Waals surface area contributed by atoms with E-state index in [1.165, 1.54) is 23.9 Å². The highest BCUT2D eigenvalue weighted by Gasteiger charge is 2.18. The Balaban J connectivity index is 1.67. The first-order chi connectivity index (χ1) is 12.3. The van der Waals surface area contributed by atoms with Crippen LogP contribution in [0.15, 0.2) is 29.4 Å². The molecule has 3 aromatic rings. The van der Waals surface area contributed by atoms with Gasteiger partial charge in [-0.1, -0.05) is 23.9 Å². The van der Waals surface area contributed by atoms with Gasteiger partial charge in [0.25, 0.3) is 0 Å². The SMILES string of the molecule is Cc1sc2nc(SC(C)C(=O)NCc3ccc(F)cc3)nc(N)c2c1C. The number of halogens is 1. The highest BCUT2D eigenvalue weighted by Crippen LogP contribution is 2.34. The minimum absolute atomic E-state index is 0.139. The van der Waals surface area contributed by atoms with E-state index in [1.807, 2.05) is 13.8 Å². The molecule has 0 aliphatic carbocycles. The number of benzene rings is 1. The number of thioether (sulfide) groups is 1. The number of hydrogen-bond acceptors (Lipinski definition) is 6. The van der Waals surface area contributed by atoms with Crippen LogP contribution in [0.5, 0.6) is 0 Å². The number of nitrogen functional groups attached to an aromatic ring is 1. The molecule has 136 valence electrons. The predicted octanol–water partition coefficient (Wildman–Crippen LogP) is 3.83. The average Bonchev–Trinajstić information content (AvgIpc) is 2.88. The molecule has 3 rings (SSSR count). The number of anilines is 1. The maximum atomic E-state index is 12.9. The fourth-order valence-electron chi connectivity index (χ4n) is 2.46. The Bertz CT molecular complexity index is 956. The van der Waals surface area contributed by atoms with Gasteiger partial charge in [-0.05, 0) is 44.0 Å². The average molecular weight is 391 g/mol. The molecule has 8 heteroatoms.